The minimum absolute atomic E-state index is 0.0249. The van der Waals surface area contributed by atoms with E-state index in [1.165, 1.54) is 0 Å². The maximum absolute atomic E-state index is 10.6. The minimum atomic E-state index is -3.31. The van der Waals surface area contributed by atoms with Gasteiger partial charge in [-0.3, -0.25) is 0 Å². The second-order valence-electron chi connectivity index (χ2n) is 2.88. The molecule has 0 aliphatic heterocycles. The summed E-state index contributed by atoms with van der Waals surface area (Å²) in [7, 11) is -3.31. The Balaban J connectivity index is 2.06. The van der Waals surface area contributed by atoms with E-state index in [1.54, 1.807) is 16.8 Å². The molecular formula is C7H13N3O2S2. The molecule has 0 radical (unpaired) electrons. The van der Waals surface area contributed by atoms with Crippen molar-refractivity contribution in [1.82, 2.24) is 10.3 Å². The van der Waals surface area contributed by atoms with Crippen LogP contribution in [0.3, 0.4) is 0 Å². The normalized spacial score (nSPS) is 11.8. The number of nitrogens with one attached hydrogen (secondary N) is 1. The van der Waals surface area contributed by atoms with Crippen LogP contribution < -0.4 is 10.5 Å². The zero-order valence-corrected chi connectivity index (χ0v) is 9.27. The Morgan fingerprint density at radius 3 is 2.93 bits per heavy atom. The van der Waals surface area contributed by atoms with Crippen LogP contribution in [0.4, 0.5) is 0 Å². The lowest BCUT2D eigenvalue weighted by Crippen LogP contribution is -2.22. The van der Waals surface area contributed by atoms with Gasteiger partial charge in [0.05, 0.1) is 17.0 Å². The maximum atomic E-state index is 10.6. The van der Waals surface area contributed by atoms with E-state index in [2.05, 4.69) is 10.3 Å². The number of sulfonamides is 1. The van der Waals surface area contributed by atoms with E-state index < -0.39 is 10.0 Å². The van der Waals surface area contributed by atoms with Gasteiger partial charge in [0.15, 0.2) is 0 Å². The van der Waals surface area contributed by atoms with Gasteiger partial charge in [0, 0.05) is 11.9 Å². The number of hydrogen-bond donors (Lipinski definition) is 2. The maximum Gasteiger partial charge on any atom is 0.209 e. The monoisotopic (exact) mass is 235 g/mol. The summed E-state index contributed by atoms with van der Waals surface area (Å²) in [4.78, 5) is 4.08. The lowest BCUT2D eigenvalue weighted by Gasteiger charge is -2.01. The Morgan fingerprint density at radius 2 is 2.36 bits per heavy atom. The van der Waals surface area contributed by atoms with Crippen molar-refractivity contribution in [2.75, 3.05) is 12.3 Å². The van der Waals surface area contributed by atoms with Crippen LogP contribution in [0.25, 0.3) is 0 Å². The van der Waals surface area contributed by atoms with Crippen molar-refractivity contribution in [3.63, 3.8) is 0 Å². The first-order valence-electron chi connectivity index (χ1n) is 4.16. The third-order valence-corrected chi connectivity index (χ3v) is 3.06. The Labute approximate surface area is 87.4 Å². The van der Waals surface area contributed by atoms with Crippen LogP contribution in [-0.2, 0) is 16.6 Å². The summed E-state index contributed by atoms with van der Waals surface area (Å²) in [6.07, 6.45) is 0.531. The molecule has 1 aromatic heterocycles. The summed E-state index contributed by atoms with van der Waals surface area (Å²) in [5, 5.41) is 9.88. The zero-order valence-electron chi connectivity index (χ0n) is 7.64. The molecule has 3 N–H and O–H groups in total. The predicted molar refractivity (Wildman–Crippen MR) is 56.4 cm³/mol. The summed E-state index contributed by atoms with van der Waals surface area (Å²) >= 11 is 1.54. The molecule has 7 heteroatoms. The first-order chi connectivity index (χ1) is 6.58. The second-order valence-corrected chi connectivity index (χ2v) is 5.33. The molecule has 1 aromatic rings. The molecule has 0 spiro atoms. The van der Waals surface area contributed by atoms with E-state index in [0.717, 1.165) is 5.69 Å². The fourth-order valence-electron chi connectivity index (χ4n) is 0.940. The Bertz CT molecular complexity index is 347. The van der Waals surface area contributed by atoms with Crippen molar-refractivity contribution in [3.05, 3.63) is 16.6 Å². The summed E-state index contributed by atoms with van der Waals surface area (Å²) in [5.74, 6) is 0.0249. The summed E-state index contributed by atoms with van der Waals surface area (Å²) in [5.41, 5.74) is 2.74. The summed E-state index contributed by atoms with van der Waals surface area (Å²) in [6, 6.07) is 0. The van der Waals surface area contributed by atoms with Crippen LogP contribution in [0.1, 0.15) is 12.1 Å². The Hall–Kier alpha value is -0.500. The van der Waals surface area contributed by atoms with Crippen molar-refractivity contribution in [2.24, 2.45) is 5.14 Å². The fraction of sp³-hybridized carbons (Fsp3) is 0.571. The SMILES string of the molecule is NS(=O)(=O)CCCNCc1cscn1. The van der Waals surface area contributed by atoms with E-state index in [0.29, 0.717) is 19.5 Å². The van der Waals surface area contributed by atoms with Crippen molar-refractivity contribution < 1.29 is 8.42 Å². The van der Waals surface area contributed by atoms with Crippen molar-refractivity contribution in [2.45, 2.75) is 13.0 Å². The number of hydrogen-bond acceptors (Lipinski definition) is 5. The summed E-state index contributed by atoms with van der Waals surface area (Å²) < 4.78 is 21.1. The van der Waals surface area contributed by atoms with E-state index >= 15 is 0 Å². The molecule has 80 valence electrons. The Morgan fingerprint density at radius 1 is 1.57 bits per heavy atom. The molecule has 0 bridgehead atoms. The molecule has 0 saturated heterocycles. The van der Waals surface area contributed by atoms with E-state index in [-0.39, 0.29) is 5.75 Å². The minimum Gasteiger partial charge on any atom is -0.311 e. The molecule has 14 heavy (non-hydrogen) atoms. The van der Waals surface area contributed by atoms with Crippen LogP contribution in [-0.4, -0.2) is 25.7 Å². The molecular weight excluding hydrogens is 222 g/mol. The number of nitrogens with two attached hydrogens (primary N) is 1. The zero-order chi connectivity index (χ0) is 10.4. The molecule has 0 saturated carbocycles. The number of rotatable bonds is 6. The van der Waals surface area contributed by atoms with Gasteiger partial charge in [0.25, 0.3) is 0 Å². The highest BCUT2D eigenvalue weighted by Crippen LogP contribution is 1.99. The molecule has 0 amide bonds. The number of primary sulfonamides is 1. The molecule has 0 unspecified atom stereocenters. The lowest BCUT2D eigenvalue weighted by atomic mass is 10.4. The van der Waals surface area contributed by atoms with Crippen molar-refractivity contribution in [1.29, 1.82) is 0 Å². The van der Waals surface area contributed by atoms with Gasteiger partial charge in [0.1, 0.15) is 0 Å². The van der Waals surface area contributed by atoms with Gasteiger partial charge in [-0.15, -0.1) is 11.3 Å². The molecule has 5 nitrogen and oxygen atoms in total. The molecule has 0 aliphatic carbocycles. The van der Waals surface area contributed by atoms with Gasteiger partial charge >= 0.3 is 0 Å². The quantitative estimate of drug-likeness (QED) is 0.675. The van der Waals surface area contributed by atoms with Gasteiger partial charge in [-0.05, 0) is 13.0 Å². The lowest BCUT2D eigenvalue weighted by molar-refractivity contribution is 0.590. The van der Waals surface area contributed by atoms with Gasteiger partial charge < -0.3 is 5.32 Å². The Kier molecular flexibility index (Phi) is 4.46. The third kappa shape index (κ3) is 5.28. The van der Waals surface area contributed by atoms with Gasteiger partial charge in [-0.2, -0.15) is 0 Å². The van der Waals surface area contributed by atoms with Crippen molar-refractivity contribution in [3.8, 4) is 0 Å². The van der Waals surface area contributed by atoms with Crippen molar-refractivity contribution >= 4 is 21.4 Å². The molecule has 1 rings (SSSR count). The standard InChI is InChI=1S/C7H13N3O2S2/c8-14(11,12)3-1-2-9-4-7-5-13-6-10-7/h5-6,9H,1-4H2,(H2,8,11,12). The average molecular weight is 235 g/mol. The smallest absolute Gasteiger partial charge is 0.209 e. The van der Waals surface area contributed by atoms with Gasteiger partial charge in [-0.1, -0.05) is 0 Å². The number of nitrogens with zero attached hydrogens (tertiary/aromatic N) is 1. The second kappa shape index (κ2) is 5.40. The van der Waals surface area contributed by atoms with Gasteiger partial charge in [0.2, 0.25) is 10.0 Å². The highest BCUT2D eigenvalue weighted by molar-refractivity contribution is 7.89. The van der Waals surface area contributed by atoms with Crippen LogP contribution in [0.2, 0.25) is 0 Å². The van der Waals surface area contributed by atoms with E-state index in [9.17, 15) is 8.42 Å². The first kappa shape index (κ1) is 11.6. The average Bonchev–Trinajstić information content (AvgIpc) is 2.54. The predicted octanol–water partition coefficient (Wildman–Crippen LogP) is -0.0887. The highest BCUT2D eigenvalue weighted by atomic mass is 32.2. The van der Waals surface area contributed by atoms with Crippen LogP contribution in [0, 0.1) is 0 Å². The largest absolute Gasteiger partial charge is 0.311 e. The van der Waals surface area contributed by atoms with Crippen LogP contribution in [0.5, 0.6) is 0 Å². The van der Waals surface area contributed by atoms with Crippen LogP contribution in [0.15, 0.2) is 10.9 Å². The summed E-state index contributed by atoms with van der Waals surface area (Å²) in [6.45, 7) is 1.31. The fourth-order valence-corrected chi connectivity index (χ4v) is 2.04. The number of thiazole rings is 1. The molecule has 0 aliphatic rings. The topological polar surface area (TPSA) is 85.1 Å². The molecule has 0 atom stereocenters. The third-order valence-electron chi connectivity index (χ3n) is 1.57. The highest BCUT2D eigenvalue weighted by Gasteiger charge is 2.01. The van der Waals surface area contributed by atoms with E-state index in [4.69, 9.17) is 5.14 Å². The molecule has 0 fully saturated rings. The van der Waals surface area contributed by atoms with Gasteiger partial charge in [-0.25, -0.2) is 18.5 Å². The molecule has 1 heterocycles. The van der Waals surface area contributed by atoms with Crippen LogP contribution >= 0.6 is 11.3 Å². The first-order valence-corrected chi connectivity index (χ1v) is 6.82. The van der Waals surface area contributed by atoms with E-state index in [1.807, 2.05) is 5.38 Å². The molecule has 0 aromatic carbocycles. The number of aromatic nitrogens is 1.